The summed E-state index contributed by atoms with van der Waals surface area (Å²) in [5.74, 6) is 0.744. The van der Waals surface area contributed by atoms with Crippen LogP contribution in [0.4, 0.5) is 5.13 Å². The number of nitrogens with one attached hydrogen (secondary N) is 1. The molecule has 1 fully saturated rings. The fourth-order valence-electron chi connectivity index (χ4n) is 2.08. The van der Waals surface area contributed by atoms with E-state index >= 15 is 0 Å². The van der Waals surface area contributed by atoms with E-state index in [-0.39, 0.29) is 0 Å². The van der Waals surface area contributed by atoms with Crippen LogP contribution in [0.15, 0.2) is 5.38 Å². The number of anilines is 1. The maximum Gasteiger partial charge on any atom is 0.182 e. The number of hydrogen-bond donors (Lipinski definition) is 2. The van der Waals surface area contributed by atoms with E-state index in [0.717, 1.165) is 24.0 Å². The minimum atomic E-state index is 0.430. The highest BCUT2D eigenvalue weighted by Crippen LogP contribution is 2.25. The maximum absolute atomic E-state index is 5.88. The number of nitrogens with two attached hydrogens (primary N) is 1. The van der Waals surface area contributed by atoms with Crippen LogP contribution in [0.3, 0.4) is 0 Å². The molecule has 3 nitrogen and oxygen atoms in total. The van der Waals surface area contributed by atoms with Gasteiger partial charge >= 0.3 is 0 Å². The monoisotopic (exact) mass is 225 g/mol. The molecule has 0 aliphatic heterocycles. The quantitative estimate of drug-likeness (QED) is 0.826. The van der Waals surface area contributed by atoms with E-state index < -0.39 is 0 Å². The smallest absolute Gasteiger partial charge is 0.182 e. The molecule has 1 aliphatic rings. The van der Waals surface area contributed by atoms with Crippen molar-refractivity contribution in [2.24, 2.45) is 11.7 Å². The van der Waals surface area contributed by atoms with Crippen molar-refractivity contribution < 1.29 is 0 Å². The SMILES string of the molecule is CCc1csc(NCC2CCC(N)C2)n1. The first-order valence-corrected chi connectivity index (χ1v) is 6.59. The van der Waals surface area contributed by atoms with E-state index in [1.807, 2.05) is 0 Å². The molecule has 1 aromatic heterocycles. The molecule has 1 saturated carbocycles. The van der Waals surface area contributed by atoms with Gasteiger partial charge in [0.15, 0.2) is 5.13 Å². The molecule has 1 heterocycles. The average molecular weight is 225 g/mol. The Balaban J connectivity index is 1.77. The number of thiazole rings is 1. The summed E-state index contributed by atoms with van der Waals surface area (Å²) in [5, 5.41) is 6.60. The van der Waals surface area contributed by atoms with Crippen LogP contribution >= 0.6 is 11.3 Å². The summed E-state index contributed by atoms with van der Waals surface area (Å²) in [6.07, 6.45) is 4.64. The molecule has 3 N–H and O–H groups in total. The van der Waals surface area contributed by atoms with E-state index in [9.17, 15) is 0 Å². The van der Waals surface area contributed by atoms with E-state index in [2.05, 4.69) is 22.6 Å². The highest BCUT2D eigenvalue weighted by atomic mass is 32.1. The fraction of sp³-hybridized carbons (Fsp3) is 0.727. The first kappa shape index (κ1) is 10.9. The molecule has 2 atom stereocenters. The molecule has 15 heavy (non-hydrogen) atoms. The summed E-state index contributed by atoms with van der Waals surface area (Å²) in [6, 6.07) is 0.430. The third kappa shape index (κ3) is 2.92. The molecule has 1 aliphatic carbocycles. The summed E-state index contributed by atoms with van der Waals surface area (Å²) in [7, 11) is 0. The van der Waals surface area contributed by atoms with Gasteiger partial charge in [0.25, 0.3) is 0 Å². The zero-order valence-electron chi connectivity index (χ0n) is 9.20. The minimum absolute atomic E-state index is 0.430. The van der Waals surface area contributed by atoms with Crippen LogP contribution in [0.25, 0.3) is 0 Å². The van der Waals surface area contributed by atoms with Gasteiger partial charge in [-0.2, -0.15) is 0 Å². The van der Waals surface area contributed by atoms with Crippen molar-refractivity contribution >= 4 is 16.5 Å². The predicted molar refractivity (Wildman–Crippen MR) is 65.3 cm³/mol. The first-order chi connectivity index (χ1) is 7.28. The molecular weight excluding hydrogens is 206 g/mol. The Morgan fingerprint density at radius 1 is 1.60 bits per heavy atom. The predicted octanol–water partition coefficient (Wildman–Crippen LogP) is 2.24. The molecule has 84 valence electrons. The summed E-state index contributed by atoms with van der Waals surface area (Å²) in [4.78, 5) is 4.48. The second-order valence-electron chi connectivity index (χ2n) is 4.32. The first-order valence-electron chi connectivity index (χ1n) is 5.71. The molecule has 0 saturated heterocycles. The minimum Gasteiger partial charge on any atom is -0.361 e. The Labute approximate surface area is 95.1 Å². The standard InChI is InChI=1S/C11H19N3S/c1-2-10-7-15-11(14-10)13-6-8-3-4-9(12)5-8/h7-9H,2-6,12H2,1H3,(H,13,14). The molecular formula is C11H19N3S. The number of aromatic nitrogens is 1. The van der Waals surface area contributed by atoms with E-state index in [1.165, 1.54) is 25.0 Å². The van der Waals surface area contributed by atoms with Crippen molar-refractivity contribution in [3.8, 4) is 0 Å². The van der Waals surface area contributed by atoms with Gasteiger partial charge in [-0.1, -0.05) is 6.92 Å². The van der Waals surface area contributed by atoms with Gasteiger partial charge in [0.2, 0.25) is 0 Å². The lowest BCUT2D eigenvalue weighted by atomic mass is 10.1. The van der Waals surface area contributed by atoms with Crippen LogP contribution < -0.4 is 11.1 Å². The van der Waals surface area contributed by atoms with Crippen molar-refractivity contribution in [1.29, 1.82) is 0 Å². The van der Waals surface area contributed by atoms with E-state index in [0.29, 0.717) is 6.04 Å². The number of aryl methyl sites for hydroxylation is 1. The summed E-state index contributed by atoms with van der Waals surface area (Å²) >= 11 is 1.70. The zero-order valence-corrected chi connectivity index (χ0v) is 10.0. The summed E-state index contributed by atoms with van der Waals surface area (Å²) < 4.78 is 0. The highest BCUT2D eigenvalue weighted by Gasteiger charge is 2.21. The Kier molecular flexibility index (Phi) is 3.59. The highest BCUT2D eigenvalue weighted by molar-refractivity contribution is 7.13. The van der Waals surface area contributed by atoms with Crippen molar-refractivity contribution in [3.63, 3.8) is 0 Å². The molecule has 0 spiro atoms. The molecule has 2 rings (SSSR count). The second kappa shape index (κ2) is 4.94. The second-order valence-corrected chi connectivity index (χ2v) is 5.18. The van der Waals surface area contributed by atoms with Crippen LogP contribution in [0.5, 0.6) is 0 Å². The van der Waals surface area contributed by atoms with Crippen LogP contribution in [-0.4, -0.2) is 17.6 Å². The largest absolute Gasteiger partial charge is 0.361 e. The van der Waals surface area contributed by atoms with Gasteiger partial charge in [0.1, 0.15) is 0 Å². The van der Waals surface area contributed by atoms with Gasteiger partial charge in [-0.3, -0.25) is 0 Å². The van der Waals surface area contributed by atoms with Crippen molar-refractivity contribution in [2.75, 3.05) is 11.9 Å². The van der Waals surface area contributed by atoms with Gasteiger partial charge in [-0.05, 0) is 31.6 Å². The van der Waals surface area contributed by atoms with Crippen molar-refractivity contribution in [1.82, 2.24) is 4.98 Å². The van der Waals surface area contributed by atoms with Crippen molar-refractivity contribution in [2.45, 2.75) is 38.6 Å². The van der Waals surface area contributed by atoms with Crippen LogP contribution in [-0.2, 0) is 6.42 Å². The topological polar surface area (TPSA) is 50.9 Å². The molecule has 0 bridgehead atoms. The normalized spacial score (nSPS) is 25.7. The molecule has 0 aromatic carbocycles. The maximum atomic E-state index is 5.88. The van der Waals surface area contributed by atoms with Crippen LogP contribution in [0.2, 0.25) is 0 Å². The van der Waals surface area contributed by atoms with Gasteiger partial charge < -0.3 is 11.1 Å². The summed E-state index contributed by atoms with van der Waals surface area (Å²) in [6.45, 7) is 3.17. The van der Waals surface area contributed by atoms with Crippen LogP contribution in [0.1, 0.15) is 31.9 Å². The third-order valence-corrected chi connectivity index (χ3v) is 3.89. The Morgan fingerprint density at radius 2 is 2.47 bits per heavy atom. The van der Waals surface area contributed by atoms with Gasteiger partial charge in [-0.15, -0.1) is 11.3 Å². The lowest BCUT2D eigenvalue weighted by molar-refractivity contribution is 0.565. The van der Waals surface area contributed by atoms with Crippen LogP contribution in [0, 0.1) is 5.92 Å². The number of nitrogens with zero attached hydrogens (tertiary/aromatic N) is 1. The van der Waals surface area contributed by atoms with Crippen molar-refractivity contribution in [3.05, 3.63) is 11.1 Å². The van der Waals surface area contributed by atoms with E-state index in [1.54, 1.807) is 11.3 Å². The Bertz CT molecular complexity index is 311. The third-order valence-electron chi connectivity index (χ3n) is 3.04. The molecule has 1 aromatic rings. The molecule has 0 radical (unpaired) electrons. The number of hydrogen-bond acceptors (Lipinski definition) is 4. The molecule has 4 heteroatoms. The van der Waals surface area contributed by atoms with E-state index in [4.69, 9.17) is 5.73 Å². The average Bonchev–Trinajstić information content (AvgIpc) is 2.83. The van der Waals surface area contributed by atoms with Gasteiger partial charge in [-0.25, -0.2) is 4.98 Å². The lowest BCUT2D eigenvalue weighted by Gasteiger charge is -2.09. The number of rotatable bonds is 4. The summed E-state index contributed by atoms with van der Waals surface area (Å²) in [5.41, 5.74) is 7.06. The molecule has 2 unspecified atom stereocenters. The Morgan fingerprint density at radius 3 is 3.07 bits per heavy atom. The lowest BCUT2D eigenvalue weighted by Crippen LogP contribution is -2.17. The van der Waals surface area contributed by atoms with Gasteiger partial charge in [0.05, 0.1) is 5.69 Å². The molecule has 0 amide bonds. The fourth-order valence-corrected chi connectivity index (χ4v) is 2.88. The zero-order chi connectivity index (χ0) is 10.7. The Hall–Kier alpha value is -0.610. The van der Waals surface area contributed by atoms with Gasteiger partial charge in [0, 0.05) is 18.0 Å².